The van der Waals surface area contributed by atoms with Crippen LogP contribution in [0, 0.1) is 17.8 Å². The first-order valence-electron chi connectivity index (χ1n) is 10.6. The van der Waals surface area contributed by atoms with Crippen molar-refractivity contribution in [3.05, 3.63) is 35.2 Å². The van der Waals surface area contributed by atoms with Crippen LogP contribution in [0.15, 0.2) is 18.3 Å². The van der Waals surface area contributed by atoms with Crippen molar-refractivity contribution >= 4 is 22.5 Å². The Bertz CT molecular complexity index is 960. The van der Waals surface area contributed by atoms with E-state index in [2.05, 4.69) is 47.8 Å². The molecule has 1 aliphatic rings. The van der Waals surface area contributed by atoms with Crippen molar-refractivity contribution < 1.29 is 9.90 Å². The Morgan fingerprint density at radius 1 is 1.41 bits per heavy atom. The number of hydrogen-bond donors (Lipinski definition) is 2. The first-order valence-corrected chi connectivity index (χ1v) is 10.6. The largest absolute Gasteiger partial charge is 0.395 e. The summed E-state index contributed by atoms with van der Waals surface area (Å²) in [4.78, 5) is 22.3. The molecule has 2 N–H and O–H groups in total. The van der Waals surface area contributed by atoms with Crippen LogP contribution in [0.3, 0.4) is 0 Å². The topological polar surface area (TPSA) is 69.2 Å². The molecule has 5 heteroatoms. The second-order valence-corrected chi connectivity index (χ2v) is 8.04. The fourth-order valence-electron chi connectivity index (χ4n) is 3.80. The number of aliphatic hydroxyl groups excluding tert-OH is 1. The molecule has 0 unspecified atom stereocenters. The molecule has 0 saturated heterocycles. The van der Waals surface area contributed by atoms with Gasteiger partial charge in [0, 0.05) is 48.8 Å². The van der Waals surface area contributed by atoms with Crippen LogP contribution in [0.2, 0.25) is 0 Å². The van der Waals surface area contributed by atoms with Gasteiger partial charge in [-0.05, 0) is 42.4 Å². The molecule has 2 aromatic rings. The smallest absolute Gasteiger partial charge is 0.222 e. The highest BCUT2D eigenvalue weighted by molar-refractivity contribution is 5.88. The number of H-pyrrole nitrogens is 1. The number of aliphatic hydroxyl groups is 1. The molecule has 0 radical (unpaired) electrons. The van der Waals surface area contributed by atoms with Crippen LogP contribution >= 0.6 is 0 Å². The predicted molar refractivity (Wildman–Crippen MR) is 117 cm³/mol. The fourth-order valence-corrected chi connectivity index (χ4v) is 3.80. The van der Waals surface area contributed by atoms with Crippen LogP contribution in [0.1, 0.15) is 63.3 Å². The third kappa shape index (κ3) is 5.07. The minimum absolute atomic E-state index is 0.0709. The molecular formula is C24H31N3O2. The van der Waals surface area contributed by atoms with E-state index in [0.717, 1.165) is 48.1 Å². The van der Waals surface area contributed by atoms with Gasteiger partial charge in [0.2, 0.25) is 5.91 Å². The standard InChI is InChI=1S/C24H31N3O2/c1-4-7-22(29)27-11-9-19(10-12-27)23-20(14-17(2)3)21-15-18(8-5-6-13-28)16-25-24(21)26-23/h9,15-17,28H,4,6-7,10-14H2,1-3H3,(H,25,26). The van der Waals surface area contributed by atoms with Crippen molar-refractivity contribution in [2.75, 3.05) is 19.7 Å². The Morgan fingerprint density at radius 2 is 2.24 bits per heavy atom. The summed E-state index contributed by atoms with van der Waals surface area (Å²) in [5.74, 6) is 6.83. The Morgan fingerprint density at radius 3 is 2.90 bits per heavy atom. The van der Waals surface area contributed by atoms with Gasteiger partial charge in [0.15, 0.2) is 0 Å². The van der Waals surface area contributed by atoms with Crippen LogP contribution < -0.4 is 0 Å². The van der Waals surface area contributed by atoms with Gasteiger partial charge < -0.3 is 15.0 Å². The number of fused-ring (bicyclic) bond motifs is 1. The molecule has 0 aromatic carbocycles. The van der Waals surface area contributed by atoms with Gasteiger partial charge >= 0.3 is 0 Å². The molecule has 2 aromatic heterocycles. The van der Waals surface area contributed by atoms with Crippen LogP contribution in [-0.2, 0) is 11.2 Å². The van der Waals surface area contributed by atoms with E-state index in [9.17, 15) is 4.79 Å². The average Bonchev–Trinajstić information content (AvgIpc) is 3.06. The maximum Gasteiger partial charge on any atom is 0.222 e. The van der Waals surface area contributed by atoms with Gasteiger partial charge in [-0.25, -0.2) is 4.98 Å². The first-order chi connectivity index (χ1) is 14.0. The number of rotatable bonds is 6. The van der Waals surface area contributed by atoms with Gasteiger partial charge in [-0.1, -0.05) is 38.7 Å². The Kier molecular flexibility index (Phi) is 7.11. The quantitative estimate of drug-likeness (QED) is 0.731. The van der Waals surface area contributed by atoms with E-state index >= 15 is 0 Å². The van der Waals surface area contributed by atoms with Crippen LogP contribution in [0.4, 0.5) is 0 Å². The van der Waals surface area contributed by atoms with E-state index in [1.807, 2.05) is 11.8 Å². The zero-order valence-corrected chi connectivity index (χ0v) is 17.7. The summed E-state index contributed by atoms with van der Waals surface area (Å²) in [7, 11) is 0. The maximum absolute atomic E-state index is 12.2. The zero-order chi connectivity index (χ0) is 20.8. The van der Waals surface area contributed by atoms with Gasteiger partial charge in [-0.2, -0.15) is 0 Å². The lowest BCUT2D eigenvalue weighted by Gasteiger charge is -2.26. The number of nitrogens with zero attached hydrogens (tertiary/aromatic N) is 2. The van der Waals surface area contributed by atoms with Crippen LogP contribution in [-0.4, -0.2) is 45.6 Å². The minimum Gasteiger partial charge on any atom is -0.395 e. The van der Waals surface area contributed by atoms with Gasteiger partial charge in [0.05, 0.1) is 6.61 Å². The Labute approximate surface area is 173 Å². The van der Waals surface area contributed by atoms with Crippen molar-refractivity contribution in [1.29, 1.82) is 0 Å². The van der Waals surface area contributed by atoms with E-state index in [-0.39, 0.29) is 12.5 Å². The molecule has 5 nitrogen and oxygen atoms in total. The molecule has 29 heavy (non-hydrogen) atoms. The zero-order valence-electron chi connectivity index (χ0n) is 17.7. The summed E-state index contributed by atoms with van der Waals surface area (Å²) in [6.45, 7) is 8.01. The number of pyridine rings is 1. The molecule has 0 aliphatic carbocycles. The van der Waals surface area contributed by atoms with E-state index in [4.69, 9.17) is 5.11 Å². The number of nitrogens with one attached hydrogen (secondary N) is 1. The average molecular weight is 394 g/mol. The number of carbonyl (C=O) groups excluding carboxylic acids is 1. The monoisotopic (exact) mass is 393 g/mol. The highest BCUT2D eigenvalue weighted by Gasteiger charge is 2.22. The van der Waals surface area contributed by atoms with E-state index in [1.54, 1.807) is 6.20 Å². The molecular weight excluding hydrogens is 362 g/mol. The van der Waals surface area contributed by atoms with Gasteiger partial charge in [0.25, 0.3) is 0 Å². The summed E-state index contributed by atoms with van der Waals surface area (Å²) in [5.41, 5.74) is 5.47. The highest BCUT2D eigenvalue weighted by atomic mass is 16.2. The lowest BCUT2D eigenvalue weighted by Crippen LogP contribution is -2.34. The van der Waals surface area contributed by atoms with Gasteiger partial charge in [-0.3, -0.25) is 4.79 Å². The molecule has 0 saturated carbocycles. The molecule has 1 amide bonds. The summed E-state index contributed by atoms with van der Waals surface area (Å²) in [6, 6.07) is 2.10. The number of aromatic amines is 1. The first kappa shape index (κ1) is 21.1. The second kappa shape index (κ2) is 9.76. The molecule has 1 aliphatic heterocycles. The maximum atomic E-state index is 12.2. The van der Waals surface area contributed by atoms with Crippen LogP contribution in [0.5, 0.6) is 0 Å². The summed E-state index contributed by atoms with van der Waals surface area (Å²) in [5, 5.41) is 10.1. The molecule has 0 fully saturated rings. The number of carbonyl (C=O) groups is 1. The van der Waals surface area contributed by atoms with E-state index in [0.29, 0.717) is 25.3 Å². The predicted octanol–water partition coefficient (Wildman–Crippen LogP) is 3.91. The molecule has 154 valence electrons. The lowest BCUT2D eigenvalue weighted by atomic mass is 9.94. The van der Waals surface area contributed by atoms with Crippen molar-refractivity contribution in [2.24, 2.45) is 5.92 Å². The van der Waals surface area contributed by atoms with Crippen LogP contribution in [0.25, 0.3) is 16.6 Å². The number of amides is 1. The summed E-state index contributed by atoms with van der Waals surface area (Å²) in [6.07, 6.45) is 7.77. The molecule has 0 atom stereocenters. The molecule has 3 heterocycles. The molecule has 0 spiro atoms. The van der Waals surface area contributed by atoms with Crippen molar-refractivity contribution in [3.8, 4) is 11.8 Å². The Hall–Kier alpha value is -2.58. The van der Waals surface area contributed by atoms with Crippen molar-refractivity contribution in [3.63, 3.8) is 0 Å². The van der Waals surface area contributed by atoms with Crippen molar-refractivity contribution in [2.45, 2.75) is 52.9 Å². The van der Waals surface area contributed by atoms with E-state index in [1.165, 1.54) is 11.1 Å². The number of hydrogen-bond acceptors (Lipinski definition) is 3. The summed E-state index contributed by atoms with van der Waals surface area (Å²) < 4.78 is 0. The molecule has 3 rings (SSSR count). The Balaban J connectivity index is 1.95. The normalized spacial score (nSPS) is 14.1. The molecule has 0 bridgehead atoms. The highest BCUT2D eigenvalue weighted by Crippen LogP contribution is 2.32. The summed E-state index contributed by atoms with van der Waals surface area (Å²) >= 11 is 0. The van der Waals surface area contributed by atoms with E-state index < -0.39 is 0 Å². The third-order valence-electron chi connectivity index (χ3n) is 5.19. The van der Waals surface area contributed by atoms with Gasteiger partial charge in [-0.15, -0.1) is 0 Å². The third-order valence-corrected chi connectivity index (χ3v) is 5.19. The lowest BCUT2D eigenvalue weighted by molar-refractivity contribution is -0.130. The van der Waals surface area contributed by atoms with Gasteiger partial charge in [0.1, 0.15) is 5.65 Å². The van der Waals surface area contributed by atoms with Crippen molar-refractivity contribution in [1.82, 2.24) is 14.9 Å². The second-order valence-electron chi connectivity index (χ2n) is 8.04. The number of aromatic nitrogens is 2. The minimum atomic E-state index is 0.0709. The SMILES string of the molecule is CCCC(=O)N1CC=C(c2[nH]c3ncc(C#CCCO)cc3c2CC(C)C)CC1. The fraction of sp³-hybridized carbons (Fsp3) is 0.500.